The fourth-order valence-corrected chi connectivity index (χ4v) is 2.49. The van der Waals surface area contributed by atoms with Gasteiger partial charge in [-0.1, -0.05) is 0 Å². The zero-order valence-corrected chi connectivity index (χ0v) is 9.32. The van der Waals surface area contributed by atoms with Crippen LogP contribution in [0, 0.1) is 5.92 Å². The summed E-state index contributed by atoms with van der Waals surface area (Å²) >= 11 is 0. The van der Waals surface area contributed by atoms with Crippen LogP contribution in [0.3, 0.4) is 0 Å². The van der Waals surface area contributed by atoms with E-state index in [0.29, 0.717) is 24.3 Å². The molecule has 3 heteroatoms. The quantitative estimate of drug-likeness (QED) is 0.717. The first-order chi connectivity index (χ1) is 7.31. The average Bonchev–Trinajstić information content (AvgIpc) is 2.99. The zero-order valence-electron chi connectivity index (χ0n) is 9.32. The number of hydrogen-bond donors (Lipinski definition) is 1. The number of likely N-dealkylation sites (tertiary alicyclic amines) is 1. The van der Waals surface area contributed by atoms with Gasteiger partial charge in [-0.25, -0.2) is 0 Å². The number of carbonyl (C=O) groups is 1. The van der Waals surface area contributed by atoms with Crippen LogP contribution in [-0.2, 0) is 4.79 Å². The number of ketones is 1. The van der Waals surface area contributed by atoms with Crippen molar-refractivity contribution in [2.24, 2.45) is 5.92 Å². The maximum Gasteiger partial charge on any atom is 0.149 e. The molecule has 1 N–H and O–H groups in total. The molecule has 1 saturated heterocycles. The van der Waals surface area contributed by atoms with Gasteiger partial charge in [-0.3, -0.25) is 9.69 Å². The molecule has 0 aromatic carbocycles. The summed E-state index contributed by atoms with van der Waals surface area (Å²) in [6, 6.07) is 0.555. The van der Waals surface area contributed by atoms with Crippen molar-refractivity contribution in [3.05, 3.63) is 0 Å². The minimum absolute atomic E-state index is 0.279. The fraction of sp³-hybridized carbons (Fsp3) is 0.917. The van der Waals surface area contributed by atoms with Gasteiger partial charge >= 0.3 is 0 Å². The molecule has 1 saturated carbocycles. The molecule has 0 aromatic heterocycles. The number of aliphatic hydroxyl groups excluding tert-OH is 1. The second-order valence-corrected chi connectivity index (χ2v) is 4.87. The van der Waals surface area contributed by atoms with Crippen molar-refractivity contribution in [3.63, 3.8) is 0 Å². The van der Waals surface area contributed by atoms with E-state index in [1.54, 1.807) is 0 Å². The Kier molecular flexibility index (Phi) is 3.76. The Morgan fingerprint density at radius 1 is 1.33 bits per heavy atom. The van der Waals surface area contributed by atoms with Crippen LogP contribution in [0.1, 0.15) is 38.5 Å². The standard InChI is InChI=1S/C12H21NO2/c14-8-2-4-11-3-1-7-13(11)9-12(15)10-5-6-10/h10-11,14H,1-9H2. The molecular weight excluding hydrogens is 190 g/mol. The molecule has 0 spiro atoms. The minimum atomic E-state index is 0.279. The number of rotatable bonds is 6. The molecule has 2 aliphatic rings. The van der Waals surface area contributed by atoms with Crippen LogP contribution in [-0.4, -0.2) is 41.5 Å². The molecule has 3 nitrogen and oxygen atoms in total. The summed E-state index contributed by atoms with van der Waals surface area (Å²) in [5.74, 6) is 0.843. The highest BCUT2D eigenvalue weighted by molar-refractivity contribution is 5.85. The van der Waals surface area contributed by atoms with Crippen LogP contribution >= 0.6 is 0 Å². The lowest BCUT2D eigenvalue weighted by Gasteiger charge is -2.23. The lowest BCUT2D eigenvalue weighted by Crippen LogP contribution is -2.35. The molecule has 15 heavy (non-hydrogen) atoms. The highest BCUT2D eigenvalue weighted by Gasteiger charge is 2.33. The summed E-state index contributed by atoms with van der Waals surface area (Å²) in [6.45, 7) is 2.02. The van der Waals surface area contributed by atoms with E-state index in [1.165, 1.54) is 12.8 Å². The van der Waals surface area contributed by atoms with Crippen molar-refractivity contribution >= 4 is 5.78 Å². The predicted molar refractivity (Wildman–Crippen MR) is 58.6 cm³/mol. The predicted octanol–water partition coefficient (Wildman–Crippen LogP) is 1.20. The first-order valence-corrected chi connectivity index (χ1v) is 6.19. The number of hydrogen-bond acceptors (Lipinski definition) is 3. The lowest BCUT2D eigenvalue weighted by atomic mass is 10.1. The Morgan fingerprint density at radius 2 is 2.13 bits per heavy atom. The fourth-order valence-electron chi connectivity index (χ4n) is 2.49. The molecule has 0 aromatic rings. The molecule has 1 aliphatic carbocycles. The molecular formula is C12H21NO2. The summed E-state index contributed by atoms with van der Waals surface area (Å²) in [7, 11) is 0. The molecule has 1 atom stereocenters. The number of nitrogens with zero attached hydrogens (tertiary/aromatic N) is 1. The third-order valence-electron chi connectivity index (χ3n) is 3.59. The topological polar surface area (TPSA) is 40.5 Å². The first kappa shape index (κ1) is 11.1. The molecule has 1 aliphatic heterocycles. The highest BCUT2D eigenvalue weighted by Crippen LogP contribution is 2.31. The number of Topliss-reactive ketones (excluding diaryl/α,β-unsaturated/α-hetero) is 1. The van der Waals surface area contributed by atoms with E-state index in [-0.39, 0.29) is 6.61 Å². The van der Waals surface area contributed by atoms with Gasteiger partial charge in [-0.05, 0) is 45.1 Å². The van der Waals surface area contributed by atoms with Gasteiger partial charge in [0.25, 0.3) is 0 Å². The molecule has 1 heterocycles. The third-order valence-corrected chi connectivity index (χ3v) is 3.59. The summed E-state index contributed by atoms with van der Waals surface area (Å²) in [5, 5.41) is 8.81. The maximum absolute atomic E-state index is 11.7. The molecule has 0 bridgehead atoms. The van der Waals surface area contributed by atoms with E-state index in [0.717, 1.165) is 32.2 Å². The van der Waals surface area contributed by atoms with Crippen molar-refractivity contribution in [3.8, 4) is 0 Å². The molecule has 1 unspecified atom stereocenters. The van der Waals surface area contributed by atoms with Crippen LogP contribution in [0.2, 0.25) is 0 Å². The van der Waals surface area contributed by atoms with Gasteiger partial charge in [0, 0.05) is 18.6 Å². The van der Waals surface area contributed by atoms with Crippen LogP contribution in [0.5, 0.6) is 0 Å². The molecule has 2 rings (SSSR count). The Labute approximate surface area is 91.5 Å². The van der Waals surface area contributed by atoms with E-state index in [9.17, 15) is 4.79 Å². The van der Waals surface area contributed by atoms with Gasteiger partial charge in [-0.15, -0.1) is 0 Å². The average molecular weight is 211 g/mol. The molecule has 2 fully saturated rings. The third kappa shape index (κ3) is 3.02. The van der Waals surface area contributed by atoms with E-state index in [1.807, 2.05) is 0 Å². The normalized spacial score (nSPS) is 27.1. The van der Waals surface area contributed by atoms with E-state index in [2.05, 4.69) is 4.90 Å². The van der Waals surface area contributed by atoms with Gasteiger partial charge in [0.2, 0.25) is 0 Å². The summed E-state index contributed by atoms with van der Waals surface area (Å²) in [5.41, 5.74) is 0. The largest absolute Gasteiger partial charge is 0.396 e. The summed E-state index contributed by atoms with van der Waals surface area (Å²) < 4.78 is 0. The second kappa shape index (κ2) is 5.08. The second-order valence-electron chi connectivity index (χ2n) is 4.87. The maximum atomic E-state index is 11.7. The molecule has 0 radical (unpaired) electrons. The Balaban J connectivity index is 1.76. The smallest absolute Gasteiger partial charge is 0.149 e. The first-order valence-electron chi connectivity index (χ1n) is 6.19. The molecule has 86 valence electrons. The van der Waals surface area contributed by atoms with E-state index < -0.39 is 0 Å². The lowest BCUT2D eigenvalue weighted by molar-refractivity contribution is -0.121. The van der Waals surface area contributed by atoms with E-state index >= 15 is 0 Å². The Hall–Kier alpha value is -0.410. The van der Waals surface area contributed by atoms with Gasteiger partial charge in [0.15, 0.2) is 0 Å². The van der Waals surface area contributed by atoms with Crippen LogP contribution in [0.25, 0.3) is 0 Å². The highest BCUT2D eigenvalue weighted by atomic mass is 16.2. The van der Waals surface area contributed by atoms with Crippen molar-refractivity contribution in [1.29, 1.82) is 0 Å². The van der Waals surface area contributed by atoms with Crippen molar-refractivity contribution in [2.75, 3.05) is 19.7 Å². The summed E-state index contributed by atoms with van der Waals surface area (Å²) in [6.07, 6.45) is 6.58. The van der Waals surface area contributed by atoms with Gasteiger partial charge in [-0.2, -0.15) is 0 Å². The van der Waals surface area contributed by atoms with Crippen molar-refractivity contribution in [2.45, 2.75) is 44.6 Å². The zero-order chi connectivity index (χ0) is 10.7. The van der Waals surface area contributed by atoms with Crippen LogP contribution in [0.15, 0.2) is 0 Å². The Bertz CT molecular complexity index is 226. The van der Waals surface area contributed by atoms with E-state index in [4.69, 9.17) is 5.11 Å². The monoisotopic (exact) mass is 211 g/mol. The number of carbonyl (C=O) groups excluding carboxylic acids is 1. The minimum Gasteiger partial charge on any atom is -0.396 e. The van der Waals surface area contributed by atoms with Gasteiger partial charge in [0.05, 0.1) is 6.54 Å². The molecule has 0 amide bonds. The van der Waals surface area contributed by atoms with Gasteiger partial charge < -0.3 is 5.11 Å². The number of aliphatic hydroxyl groups is 1. The SMILES string of the molecule is O=C(CN1CCCC1CCCO)C1CC1. The van der Waals surface area contributed by atoms with Crippen molar-refractivity contribution < 1.29 is 9.90 Å². The Morgan fingerprint density at radius 3 is 2.80 bits per heavy atom. The van der Waals surface area contributed by atoms with Crippen LogP contribution in [0.4, 0.5) is 0 Å². The van der Waals surface area contributed by atoms with Gasteiger partial charge in [0.1, 0.15) is 5.78 Å². The van der Waals surface area contributed by atoms with Crippen LogP contribution < -0.4 is 0 Å². The summed E-state index contributed by atoms with van der Waals surface area (Å²) in [4.78, 5) is 14.0. The van der Waals surface area contributed by atoms with Crippen molar-refractivity contribution in [1.82, 2.24) is 4.90 Å².